The van der Waals surface area contributed by atoms with Crippen LogP contribution in [0.2, 0.25) is 0 Å². The van der Waals surface area contributed by atoms with Crippen molar-refractivity contribution in [3.63, 3.8) is 0 Å². The first-order valence-corrected chi connectivity index (χ1v) is 6.89. The quantitative estimate of drug-likeness (QED) is 0.607. The SMILES string of the molecule is Cc1cccc(C(=O)OO[C]2CCCC(C)C2C)c1. The van der Waals surface area contributed by atoms with Crippen molar-refractivity contribution in [3.8, 4) is 0 Å². The van der Waals surface area contributed by atoms with Gasteiger partial charge in [-0.2, -0.15) is 4.89 Å². The average molecular weight is 261 g/mol. The van der Waals surface area contributed by atoms with Crippen LogP contribution in [0.5, 0.6) is 0 Å². The van der Waals surface area contributed by atoms with Crippen LogP contribution in [0.3, 0.4) is 0 Å². The summed E-state index contributed by atoms with van der Waals surface area (Å²) in [5, 5.41) is 0. The molecule has 0 heterocycles. The molecular weight excluding hydrogens is 240 g/mol. The molecule has 1 aromatic rings. The molecule has 0 aromatic heterocycles. The van der Waals surface area contributed by atoms with Crippen molar-refractivity contribution in [2.24, 2.45) is 11.8 Å². The van der Waals surface area contributed by atoms with Crippen LogP contribution in [-0.4, -0.2) is 5.97 Å². The minimum absolute atomic E-state index is 0.346. The van der Waals surface area contributed by atoms with E-state index < -0.39 is 5.97 Å². The van der Waals surface area contributed by atoms with Crippen LogP contribution in [0, 0.1) is 24.9 Å². The van der Waals surface area contributed by atoms with E-state index in [0.29, 0.717) is 17.4 Å². The molecule has 1 saturated carbocycles. The normalized spacial score (nSPS) is 24.2. The molecule has 0 spiro atoms. The van der Waals surface area contributed by atoms with E-state index in [1.807, 2.05) is 19.1 Å². The maximum atomic E-state index is 11.9. The summed E-state index contributed by atoms with van der Waals surface area (Å²) in [4.78, 5) is 22.1. The van der Waals surface area contributed by atoms with Gasteiger partial charge in [0.25, 0.3) is 0 Å². The second kappa shape index (κ2) is 6.20. The lowest BCUT2D eigenvalue weighted by Gasteiger charge is -2.31. The fraction of sp³-hybridized carbons (Fsp3) is 0.500. The van der Waals surface area contributed by atoms with Crippen molar-refractivity contribution in [2.45, 2.75) is 40.0 Å². The third kappa shape index (κ3) is 3.57. The zero-order valence-electron chi connectivity index (χ0n) is 11.8. The molecule has 2 rings (SSSR count). The Morgan fingerprint density at radius 1 is 1.32 bits per heavy atom. The summed E-state index contributed by atoms with van der Waals surface area (Å²) in [7, 11) is 0. The van der Waals surface area contributed by atoms with Gasteiger partial charge in [0.15, 0.2) is 6.10 Å². The number of hydrogen-bond acceptors (Lipinski definition) is 3. The highest BCUT2D eigenvalue weighted by Crippen LogP contribution is 2.36. The van der Waals surface area contributed by atoms with Gasteiger partial charge >= 0.3 is 5.97 Å². The number of benzene rings is 1. The van der Waals surface area contributed by atoms with Crippen molar-refractivity contribution >= 4 is 5.97 Å². The molecule has 19 heavy (non-hydrogen) atoms. The van der Waals surface area contributed by atoms with Gasteiger partial charge in [-0.1, -0.05) is 44.4 Å². The zero-order chi connectivity index (χ0) is 13.8. The third-order valence-corrected chi connectivity index (χ3v) is 3.92. The smallest absolute Gasteiger partial charge is 0.292 e. The first kappa shape index (κ1) is 14.1. The Morgan fingerprint density at radius 3 is 2.84 bits per heavy atom. The fourth-order valence-electron chi connectivity index (χ4n) is 2.42. The molecule has 1 aliphatic rings. The van der Waals surface area contributed by atoms with Crippen molar-refractivity contribution in [1.29, 1.82) is 0 Å². The summed E-state index contributed by atoms with van der Waals surface area (Å²) in [6, 6.07) is 7.31. The van der Waals surface area contributed by atoms with Crippen molar-refractivity contribution in [2.75, 3.05) is 0 Å². The highest BCUT2D eigenvalue weighted by molar-refractivity contribution is 5.89. The lowest BCUT2D eigenvalue weighted by Crippen LogP contribution is -2.25. The Labute approximate surface area is 114 Å². The second-order valence-corrected chi connectivity index (χ2v) is 5.45. The van der Waals surface area contributed by atoms with Gasteiger partial charge in [0.2, 0.25) is 0 Å². The first-order chi connectivity index (χ1) is 9.08. The highest BCUT2D eigenvalue weighted by Gasteiger charge is 2.30. The predicted octanol–water partition coefficient (Wildman–Crippen LogP) is 4.07. The van der Waals surface area contributed by atoms with Crippen LogP contribution in [-0.2, 0) is 9.78 Å². The van der Waals surface area contributed by atoms with Crippen LogP contribution in [0.4, 0.5) is 0 Å². The largest absolute Gasteiger partial charge is 0.373 e. The van der Waals surface area contributed by atoms with Crippen LogP contribution in [0.15, 0.2) is 24.3 Å². The molecule has 2 unspecified atom stereocenters. The summed E-state index contributed by atoms with van der Waals surface area (Å²) in [5.41, 5.74) is 1.55. The summed E-state index contributed by atoms with van der Waals surface area (Å²) in [6.07, 6.45) is 4.08. The molecule has 2 atom stereocenters. The Hall–Kier alpha value is -1.35. The molecule has 0 saturated heterocycles. The molecule has 0 N–H and O–H groups in total. The van der Waals surface area contributed by atoms with Gasteiger partial charge in [-0.15, -0.1) is 0 Å². The maximum absolute atomic E-state index is 11.9. The topological polar surface area (TPSA) is 35.5 Å². The maximum Gasteiger partial charge on any atom is 0.373 e. The third-order valence-electron chi connectivity index (χ3n) is 3.92. The number of carbonyl (C=O) groups excluding carboxylic acids is 1. The van der Waals surface area contributed by atoms with Gasteiger partial charge in [0.1, 0.15) is 0 Å². The van der Waals surface area contributed by atoms with Crippen molar-refractivity contribution in [3.05, 3.63) is 41.5 Å². The van der Waals surface area contributed by atoms with Gasteiger partial charge in [0, 0.05) is 0 Å². The van der Waals surface area contributed by atoms with E-state index in [4.69, 9.17) is 9.78 Å². The molecule has 3 heteroatoms. The molecular formula is C16H21O3. The van der Waals surface area contributed by atoms with E-state index in [0.717, 1.165) is 24.5 Å². The monoisotopic (exact) mass is 261 g/mol. The molecule has 0 bridgehead atoms. The van der Waals surface area contributed by atoms with Crippen molar-refractivity contribution < 1.29 is 14.6 Å². The summed E-state index contributed by atoms with van der Waals surface area (Å²) in [6.45, 7) is 6.27. The summed E-state index contributed by atoms with van der Waals surface area (Å²) < 4.78 is 0. The minimum Gasteiger partial charge on any atom is -0.292 e. The molecule has 103 valence electrons. The molecule has 3 nitrogen and oxygen atoms in total. The Kier molecular flexibility index (Phi) is 4.59. The minimum atomic E-state index is -0.429. The first-order valence-electron chi connectivity index (χ1n) is 6.89. The number of aryl methyl sites for hydroxylation is 1. The van der Waals surface area contributed by atoms with Gasteiger partial charge < -0.3 is 0 Å². The molecule has 1 fully saturated rings. The fourth-order valence-corrected chi connectivity index (χ4v) is 2.42. The predicted molar refractivity (Wildman–Crippen MR) is 73.1 cm³/mol. The van der Waals surface area contributed by atoms with Gasteiger partial charge in [-0.25, -0.2) is 4.79 Å². The van der Waals surface area contributed by atoms with Crippen LogP contribution in [0.25, 0.3) is 0 Å². The standard InChI is InChI=1S/C16H21O3/c1-11-6-4-8-14(10-11)16(17)19-18-15-9-5-7-12(2)13(15)3/h4,6,8,10,12-13H,5,7,9H2,1-3H3. The molecule has 1 aromatic carbocycles. The lowest BCUT2D eigenvalue weighted by atomic mass is 9.80. The Balaban J connectivity index is 1.90. The Bertz CT molecular complexity index is 441. The summed E-state index contributed by atoms with van der Waals surface area (Å²) >= 11 is 0. The zero-order valence-corrected chi connectivity index (χ0v) is 11.8. The molecule has 0 amide bonds. The lowest BCUT2D eigenvalue weighted by molar-refractivity contribution is -0.248. The number of rotatable bonds is 3. The van der Waals surface area contributed by atoms with Crippen LogP contribution < -0.4 is 0 Å². The number of hydrogen-bond donors (Lipinski definition) is 0. The van der Waals surface area contributed by atoms with Gasteiger partial charge in [0.05, 0.1) is 5.56 Å². The second-order valence-electron chi connectivity index (χ2n) is 5.45. The van der Waals surface area contributed by atoms with E-state index in [1.165, 1.54) is 6.42 Å². The summed E-state index contributed by atoms with van der Waals surface area (Å²) in [5.74, 6) is 0.502. The van der Waals surface area contributed by atoms with Crippen molar-refractivity contribution in [1.82, 2.24) is 0 Å². The van der Waals surface area contributed by atoms with Crippen LogP contribution >= 0.6 is 0 Å². The average Bonchev–Trinajstić information content (AvgIpc) is 2.40. The van der Waals surface area contributed by atoms with Crippen LogP contribution in [0.1, 0.15) is 49.0 Å². The van der Waals surface area contributed by atoms with Gasteiger partial charge in [-0.05, 0) is 37.3 Å². The van der Waals surface area contributed by atoms with Gasteiger partial charge in [-0.3, -0.25) is 4.89 Å². The molecule has 0 aliphatic heterocycles. The number of carbonyl (C=O) groups is 1. The van der Waals surface area contributed by atoms with E-state index in [2.05, 4.69) is 13.8 Å². The molecule has 1 aliphatic carbocycles. The van der Waals surface area contributed by atoms with E-state index >= 15 is 0 Å². The Morgan fingerprint density at radius 2 is 2.11 bits per heavy atom. The van der Waals surface area contributed by atoms with E-state index in [9.17, 15) is 4.79 Å². The van der Waals surface area contributed by atoms with E-state index in [1.54, 1.807) is 12.1 Å². The molecule has 1 radical (unpaired) electrons. The van der Waals surface area contributed by atoms with E-state index in [-0.39, 0.29) is 0 Å². The highest BCUT2D eigenvalue weighted by atomic mass is 17.2.